The van der Waals surface area contributed by atoms with Gasteiger partial charge in [-0.25, -0.2) is 0 Å². The monoisotopic (exact) mass is 585 g/mol. The number of hydrogen-bond donors (Lipinski definition) is 0. The van der Waals surface area contributed by atoms with E-state index < -0.39 is 23.4 Å². The van der Waals surface area contributed by atoms with Crippen LogP contribution in [0, 0.1) is 11.8 Å². The number of piperazine rings is 1. The molecule has 6 rings (SSSR count). The normalized spacial score (nSPS) is 25.8. The zero-order chi connectivity index (χ0) is 27.3. The van der Waals surface area contributed by atoms with Crippen molar-refractivity contribution in [1.29, 1.82) is 0 Å². The van der Waals surface area contributed by atoms with Gasteiger partial charge in [0.25, 0.3) is 5.91 Å². The molecule has 2 bridgehead atoms. The van der Waals surface area contributed by atoms with Crippen LogP contribution in [-0.4, -0.2) is 63.0 Å². The maximum atomic E-state index is 14.4. The lowest BCUT2D eigenvalue weighted by Gasteiger charge is -2.49. The predicted molar refractivity (Wildman–Crippen MR) is 148 cm³/mol. The van der Waals surface area contributed by atoms with Gasteiger partial charge in [0.1, 0.15) is 5.54 Å². The second-order valence-electron chi connectivity index (χ2n) is 10.4. The molecule has 4 amide bonds. The third-order valence-corrected chi connectivity index (χ3v) is 8.92. The van der Waals surface area contributed by atoms with Crippen LogP contribution >= 0.6 is 15.9 Å². The van der Waals surface area contributed by atoms with E-state index in [-0.39, 0.29) is 43.1 Å². The summed E-state index contributed by atoms with van der Waals surface area (Å²) in [5.41, 5.74) is 0.580. The van der Waals surface area contributed by atoms with Crippen LogP contribution in [0.3, 0.4) is 0 Å². The molecule has 39 heavy (non-hydrogen) atoms. The zero-order valence-electron chi connectivity index (χ0n) is 21.5. The number of benzene rings is 3. The molecular formula is C31H28BrN3O4. The highest BCUT2D eigenvalue weighted by Gasteiger charge is 2.75. The molecule has 0 spiro atoms. The van der Waals surface area contributed by atoms with Crippen LogP contribution in [0.15, 0.2) is 89.4 Å². The summed E-state index contributed by atoms with van der Waals surface area (Å²) in [5, 5.41) is 0. The molecule has 0 N–H and O–H groups in total. The summed E-state index contributed by atoms with van der Waals surface area (Å²) in [6.45, 7) is 2.68. The Labute approximate surface area is 235 Å². The number of fused-ring (bicyclic) bond motifs is 5. The summed E-state index contributed by atoms with van der Waals surface area (Å²) in [6.07, 6.45) is 0.154. The van der Waals surface area contributed by atoms with Crippen molar-refractivity contribution in [3.05, 3.63) is 106 Å². The number of likely N-dealkylation sites (N-methyl/N-ethyl adjacent to an activating group) is 1. The van der Waals surface area contributed by atoms with Crippen molar-refractivity contribution in [2.24, 2.45) is 11.8 Å². The Morgan fingerprint density at radius 3 is 2.10 bits per heavy atom. The SMILES string of the molecule is CCN1C[C@@H]2[C@@H]3C(=O)N(Cc4ccccc4)C(=O)[C@@H]3[C@](Cc3ccccc3)(C1=O)N2C(=O)c1ccc(Br)cc1. The first-order valence-corrected chi connectivity index (χ1v) is 14.0. The van der Waals surface area contributed by atoms with Crippen LogP contribution in [0.1, 0.15) is 28.4 Å². The Hall–Kier alpha value is -3.78. The van der Waals surface area contributed by atoms with Gasteiger partial charge in [0.15, 0.2) is 0 Å². The van der Waals surface area contributed by atoms with Crippen LogP contribution in [0.4, 0.5) is 0 Å². The van der Waals surface area contributed by atoms with Crippen molar-refractivity contribution < 1.29 is 19.2 Å². The Balaban J connectivity index is 1.51. The van der Waals surface area contributed by atoms with Gasteiger partial charge in [0.05, 0.1) is 24.4 Å². The van der Waals surface area contributed by atoms with Crippen LogP contribution in [0.5, 0.6) is 0 Å². The fourth-order valence-corrected chi connectivity index (χ4v) is 6.96. The van der Waals surface area contributed by atoms with Gasteiger partial charge >= 0.3 is 0 Å². The summed E-state index contributed by atoms with van der Waals surface area (Å²) in [4.78, 5) is 61.5. The molecule has 0 radical (unpaired) electrons. The molecule has 8 heteroatoms. The number of rotatable bonds is 6. The summed E-state index contributed by atoms with van der Waals surface area (Å²) >= 11 is 3.42. The number of imide groups is 1. The van der Waals surface area contributed by atoms with E-state index in [1.807, 2.05) is 67.6 Å². The van der Waals surface area contributed by atoms with Crippen LogP contribution < -0.4 is 0 Å². The van der Waals surface area contributed by atoms with E-state index in [2.05, 4.69) is 15.9 Å². The average Bonchev–Trinajstić information content (AvgIpc) is 3.33. The Morgan fingerprint density at radius 2 is 1.49 bits per heavy atom. The van der Waals surface area contributed by atoms with E-state index in [0.29, 0.717) is 12.1 Å². The van der Waals surface area contributed by atoms with E-state index in [1.165, 1.54) is 4.90 Å². The molecule has 3 aliphatic rings. The molecule has 3 saturated heterocycles. The van der Waals surface area contributed by atoms with Gasteiger partial charge in [0, 0.05) is 29.5 Å². The van der Waals surface area contributed by atoms with Gasteiger partial charge in [-0.15, -0.1) is 0 Å². The van der Waals surface area contributed by atoms with Gasteiger partial charge < -0.3 is 9.80 Å². The molecule has 3 aliphatic heterocycles. The first-order chi connectivity index (χ1) is 18.9. The number of hydrogen-bond acceptors (Lipinski definition) is 4. The molecule has 198 valence electrons. The van der Waals surface area contributed by atoms with E-state index in [4.69, 9.17) is 0 Å². The predicted octanol–water partition coefficient (Wildman–Crippen LogP) is 3.92. The van der Waals surface area contributed by atoms with E-state index in [9.17, 15) is 19.2 Å². The Bertz CT molecular complexity index is 1450. The van der Waals surface area contributed by atoms with E-state index >= 15 is 0 Å². The fourth-order valence-electron chi connectivity index (χ4n) is 6.70. The molecule has 0 saturated carbocycles. The molecule has 0 unspecified atom stereocenters. The molecule has 3 heterocycles. The highest BCUT2D eigenvalue weighted by molar-refractivity contribution is 9.10. The highest BCUT2D eigenvalue weighted by atomic mass is 79.9. The maximum absolute atomic E-state index is 14.4. The topological polar surface area (TPSA) is 78.0 Å². The summed E-state index contributed by atoms with van der Waals surface area (Å²) < 4.78 is 0.826. The van der Waals surface area contributed by atoms with Gasteiger partial charge in [-0.2, -0.15) is 0 Å². The van der Waals surface area contributed by atoms with Crippen molar-refractivity contribution in [3.8, 4) is 0 Å². The van der Waals surface area contributed by atoms with Crippen LogP contribution in [-0.2, 0) is 27.3 Å². The van der Waals surface area contributed by atoms with Crippen molar-refractivity contribution in [2.75, 3.05) is 13.1 Å². The molecule has 4 atom stereocenters. The van der Waals surface area contributed by atoms with Crippen molar-refractivity contribution in [3.63, 3.8) is 0 Å². The first kappa shape index (κ1) is 25.5. The minimum atomic E-state index is -1.51. The lowest BCUT2D eigenvalue weighted by molar-refractivity contribution is -0.156. The average molecular weight is 586 g/mol. The number of amides is 4. The number of carbonyl (C=O) groups excluding carboxylic acids is 4. The molecule has 0 aromatic heterocycles. The van der Waals surface area contributed by atoms with Gasteiger partial charge in [-0.3, -0.25) is 24.1 Å². The Morgan fingerprint density at radius 1 is 0.872 bits per heavy atom. The van der Waals surface area contributed by atoms with Crippen LogP contribution in [0.25, 0.3) is 0 Å². The van der Waals surface area contributed by atoms with Gasteiger partial charge in [-0.1, -0.05) is 76.6 Å². The minimum absolute atomic E-state index is 0.145. The minimum Gasteiger partial charge on any atom is -0.339 e. The van der Waals surface area contributed by atoms with Crippen molar-refractivity contribution in [1.82, 2.24) is 14.7 Å². The second kappa shape index (κ2) is 9.75. The third kappa shape index (κ3) is 3.92. The number of nitrogens with zero attached hydrogens (tertiary/aromatic N) is 3. The second-order valence-corrected chi connectivity index (χ2v) is 11.3. The standard InChI is InChI=1S/C31H28BrN3O4/c1-2-33-19-24-25-26(29(38)34(28(25)37)18-21-11-7-4-8-12-21)31(30(33)39,17-20-9-5-3-6-10-20)35(24)27(36)22-13-15-23(32)16-14-22/h3-16,24-26H,2,17-19H2,1H3/t24-,25+,26-,31-/m1/s1. The zero-order valence-corrected chi connectivity index (χ0v) is 23.1. The lowest BCUT2D eigenvalue weighted by atomic mass is 9.75. The van der Waals surface area contributed by atoms with E-state index in [1.54, 1.807) is 34.1 Å². The summed E-state index contributed by atoms with van der Waals surface area (Å²) in [7, 11) is 0. The number of halogens is 1. The van der Waals surface area contributed by atoms with Crippen molar-refractivity contribution in [2.45, 2.75) is 31.5 Å². The smallest absolute Gasteiger partial charge is 0.255 e. The number of carbonyl (C=O) groups is 4. The molecule has 7 nitrogen and oxygen atoms in total. The summed E-state index contributed by atoms with van der Waals surface area (Å²) in [6, 6.07) is 25.2. The van der Waals surface area contributed by atoms with Crippen LogP contribution in [0.2, 0.25) is 0 Å². The van der Waals surface area contributed by atoms with E-state index in [0.717, 1.165) is 15.6 Å². The summed E-state index contributed by atoms with van der Waals surface area (Å²) in [5.74, 6) is -3.05. The molecule has 3 aromatic rings. The molecular weight excluding hydrogens is 558 g/mol. The maximum Gasteiger partial charge on any atom is 0.255 e. The third-order valence-electron chi connectivity index (χ3n) is 8.39. The largest absolute Gasteiger partial charge is 0.339 e. The molecule has 3 aromatic carbocycles. The highest BCUT2D eigenvalue weighted by Crippen LogP contribution is 2.54. The molecule has 3 fully saturated rings. The van der Waals surface area contributed by atoms with Crippen molar-refractivity contribution >= 4 is 39.6 Å². The lowest BCUT2D eigenvalue weighted by Crippen LogP contribution is -2.70. The fraction of sp³-hybridized carbons (Fsp3) is 0.290. The van der Waals surface area contributed by atoms with Gasteiger partial charge in [-0.05, 0) is 42.3 Å². The Kier molecular flexibility index (Phi) is 6.38. The molecule has 0 aliphatic carbocycles. The van der Waals surface area contributed by atoms with Gasteiger partial charge in [0.2, 0.25) is 17.7 Å². The first-order valence-electron chi connectivity index (χ1n) is 13.2. The number of likely N-dealkylation sites (tertiary alicyclic amines) is 2. The quantitative estimate of drug-likeness (QED) is 0.411.